The number of sulfonamides is 1. The lowest BCUT2D eigenvalue weighted by atomic mass is 10.1. The van der Waals surface area contributed by atoms with E-state index in [-0.39, 0.29) is 22.7 Å². The summed E-state index contributed by atoms with van der Waals surface area (Å²) < 4.78 is 31.3. The zero-order chi connectivity index (χ0) is 14.8. The number of carbonyl (C=O) groups excluding carboxylic acids is 1. The third kappa shape index (κ3) is 3.95. The largest absolute Gasteiger partial charge is 0.465 e. The number of piperidine rings is 1. The van der Waals surface area contributed by atoms with Crippen LogP contribution < -0.4 is 5.32 Å². The Labute approximate surface area is 134 Å². The maximum Gasteiger partial charge on any atom is 0.348 e. The zero-order valence-corrected chi connectivity index (χ0v) is 14.3. The minimum Gasteiger partial charge on any atom is -0.465 e. The number of likely N-dealkylation sites (N-methyl/N-ethyl adjacent to an activating group) is 1. The van der Waals surface area contributed by atoms with Crippen molar-refractivity contribution in [1.29, 1.82) is 0 Å². The highest BCUT2D eigenvalue weighted by atomic mass is 35.5. The Morgan fingerprint density at radius 1 is 1.48 bits per heavy atom. The minimum atomic E-state index is -3.52. The lowest BCUT2D eigenvalue weighted by Gasteiger charge is -2.31. The van der Waals surface area contributed by atoms with Crippen molar-refractivity contribution in [3.8, 4) is 0 Å². The fourth-order valence-electron chi connectivity index (χ4n) is 2.19. The first kappa shape index (κ1) is 18.4. The standard InChI is InChI=1S/C12H18N2O4S2.ClH/c1-13-9-4-3-7-14(8-9)20(16,17)11-6-5-10(19-11)12(15)18-2;/h5-6,9,13H,3-4,7-8H2,1-2H3;1H. The molecule has 120 valence electrons. The molecular weight excluding hydrogens is 336 g/mol. The molecule has 0 saturated carbocycles. The molecule has 1 aromatic heterocycles. The molecule has 1 N–H and O–H groups in total. The quantitative estimate of drug-likeness (QED) is 0.825. The molecule has 0 spiro atoms. The Morgan fingerprint density at radius 2 is 2.19 bits per heavy atom. The second-order valence-corrected chi connectivity index (χ2v) is 7.85. The van der Waals surface area contributed by atoms with Crippen molar-refractivity contribution < 1.29 is 17.9 Å². The summed E-state index contributed by atoms with van der Waals surface area (Å²) in [6.45, 7) is 0.982. The average molecular weight is 355 g/mol. The van der Waals surface area contributed by atoms with Crippen LogP contribution in [0.5, 0.6) is 0 Å². The second-order valence-electron chi connectivity index (χ2n) is 4.60. The third-order valence-electron chi connectivity index (χ3n) is 3.35. The molecule has 1 aliphatic heterocycles. The van der Waals surface area contributed by atoms with Crippen molar-refractivity contribution in [3.05, 3.63) is 17.0 Å². The van der Waals surface area contributed by atoms with Crippen molar-refractivity contribution in [2.24, 2.45) is 0 Å². The van der Waals surface area contributed by atoms with Gasteiger partial charge in [-0.25, -0.2) is 13.2 Å². The molecule has 1 aliphatic rings. The molecule has 2 rings (SSSR count). The first-order valence-electron chi connectivity index (χ1n) is 6.34. The van der Waals surface area contributed by atoms with Crippen molar-refractivity contribution in [1.82, 2.24) is 9.62 Å². The molecule has 1 fully saturated rings. The third-order valence-corrected chi connectivity index (χ3v) is 6.75. The second kappa shape index (κ2) is 7.55. The smallest absolute Gasteiger partial charge is 0.348 e. The predicted molar refractivity (Wildman–Crippen MR) is 83.7 cm³/mol. The average Bonchev–Trinajstić information content (AvgIpc) is 2.97. The number of nitrogens with one attached hydrogen (secondary N) is 1. The van der Waals surface area contributed by atoms with Gasteiger partial charge in [0.25, 0.3) is 10.0 Å². The summed E-state index contributed by atoms with van der Waals surface area (Å²) in [5.41, 5.74) is 0. The first-order valence-corrected chi connectivity index (χ1v) is 8.60. The van der Waals surface area contributed by atoms with Crippen LogP contribution in [0.15, 0.2) is 16.3 Å². The highest BCUT2D eigenvalue weighted by Crippen LogP contribution is 2.27. The number of halogens is 1. The topological polar surface area (TPSA) is 75.7 Å². The molecule has 6 nitrogen and oxygen atoms in total. The molecule has 2 heterocycles. The first-order chi connectivity index (χ1) is 9.48. The summed E-state index contributed by atoms with van der Waals surface area (Å²) in [7, 11) is -0.411. The van der Waals surface area contributed by atoms with Gasteiger partial charge in [-0.2, -0.15) is 4.31 Å². The van der Waals surface area contributed by atoms with Crippen LogP contribution in [-0.2, 0) is 14.8 Å². The highest BCUT2D eigenvalue weighted by Gasteiger charge is 2.31. The summed E-state index contributed by atoms with van der Waals surface area (Å²) in [6.07, 6.45) is 1.81. The van der Waals surface area contributed by atoms with Crippen LogP contribution in [-0.4, -0.2) is 52.0 Å². The summed E-state index contributed by atoms with van der Waals surface area (Å²) in [4.78, 5) is 11.7. The minimum absolute atomic E-state index is 0. The molecule has 1 aromatic rings. The fraction of sp³-hybridized carbons (Fsp3) is 0.583. The van der Waals surface area contributed by atoms with Crippen molar-refractivity contribution in [2.75, 3.05) is 27.2 Å². The molecule has 1 saturated heterocycles. The van der Waals surface area contributed by atoms with Gasteiger partial charge in [-0.05, 0) is 32.0 Å². The molecule has 21 heavy (non-hydrogen) atoms. The van der Waals surface area contributed by atoms with E-state index in [2.05, 4.69) is 10.1 Å². The predicted octanol–water partition coefficient (Wildman–Crippen LogP) is 1.33. The maximum atomic E-state index is 12.5. The van der Waals surface area contributed by atoms with E-state index in [0.717, 1.165) is 24.2 Å². The molecular formula is C12H19ClN2O4S2. The van der Waals surface area contributed by atoms with E-state index >= 15 is 0 Å². The Morgan fingerprint density at radius 3 is 2.81 bits per heavy atom. The molecule has 0 amide bonds. The summed E-state index contributed by atoms with van der Waals surface area (Å²) in [5, 5.41) is 3.11. The van der Waals surface area contributed by atoms with Crippen LogP contribution in [0.1, 0.15) is 22.5 Å². The van der Waals surface area contributed by atoms with E-state index in [1.54, 1.807) is 0 Å². The van der Waals surface area contributed by atoms with E-state index in [9.17, 15) is 13.2 Å². The normalized spacial score (nSPS) is 19.8. The van der Waals surface area contributed by atoms with Crippen LogP contribution in [0.3, 0.4) is 0 Å². The Balaban J connectivity index is 0.00000220. The Kier molecular flexibility index (Phi) is 6.61. The molecule has 1 atom stereocenters. The number of thiophene rings is 1. The van der Waals surface area contributed by atoms with E-state index in [1.165, 1.54) is 23.5 Å². The van der Waals surface area contributed by atoms with E-state index in [1.807, 2.05) is 7.05 Å². The highest BCUT2D eigenvalue weighted by molar-refractivity contribution is 7.91. The molecule has 9 heteroatoms. The van der Waals surface area contributed by atoms with Gasteiger partial charge in [-0.1, -0.05) is 0 Å². The van der Waals surface area contributed by atoms with Gasteiger partial charge in [-0.3, -0.25) is 0 Å². The van der Waals surface area contributed by atoms with Gasteiger partial charge in [0.2, 0.25) is 0 Å². The van der Waals surface area contributed by atoms with Crippen LogP contribution in [0, 0.1) is 0 Å². The number of ether oxygens (including phenoxy) is 1. The summed E-state index contributed by atoms with van der Waals surface area (Å²) in [6, 6.07) is 3.14. The lowest BCUT2D eigenvalue weighted by molar-refractivity contribution is 0.0606. The number of rotatable bonds is 4. The lowest BCUT2D eigenvalue weighted by Crippen LogP contribution is -2.46. The summed E-state index contributed by atoms with van der Waals surface area (Å²) in [5.74, 6) is -0.511. The van der Waals surface area contributed by atoms with Crippen LogP contribution >= 0.6 is 23.7 Å². The van der Waals surface area contributed by atoms with Crippen molar-refractivity contribution >= 4 is 39.7 Å². The SMILES string of the molecule is CNC1CCCN(S(=O)(=O)c2ccc(C(=O)OC)s2)C1.Cl. The fourth-order valence-corrected chi connectivity index (χ4v) is 5.10. The number of carbonyl (C=O) groups is 1. The van der Waals surface area contributed by atoms with Gasteiger partial charge < -0.3 is 10.1 Å². The summed E-state index contributed by atoms with van der Waals surface area (Å²) >= 11 is 0.950. The Bertz CT molecular complexity index is 588. The number of hydrogen-bond donors (Lipinski definition) is 1. The van der Waals surface area contributed by atoms with Crippen molar-refractivity contribution in [3.63, 3.8) is 0 Å². The molecule has 0 aliphatic carbocycles. The van der Waals surface area contributed by atoms with Crippen molar-refractivity contribution in [2.45, 2.75) is 23.1 Å². The monoisotopic (exact) mass is 354 g/mol. The number of methoxy groups -OCH3 is 1. The zero-order valence-electron chi connectivity index (χ0n) is 11.9. The van der Waals surface area contributed by atoms with Gasteiger partial charge in [0.1, 0.15) is 9.09 Å². The van der Waals surface area contributed by atoms with Gasteiger partial charge in [0.05, 0.1) is 7.11 Å². The van der Waals surface area contributed by atoms with E-state index < -0.39 is 16.0 Å². The number of hydrogen-bond acceptors (Lipinski definition) is 6. The number of nitrogens with zero attached hydrogens (tertiary/aromatic N) is 1. The van der Waals surface area contributed by atoms with Crippen LogP contribution in [0.25, 0.3) is 0 Å². The molecule has 0 aromatic carbocycles. The molecule has 1 unspecified atom stereocenters. The van der Waals surface area contributed by atoms with Crippen LogP contribution in [0.4, 0.5) is 0 Å². The van der Waals surface area contributed by atoms with Gasteiger partial charge >= 0.3 is 5.97 Å². The van der Waals surface area contributed by atoms with Crippen LogP contribution in [0.2, 0.25) is 0 Å². The Hall–Kier alpha value is -0.670. The molecule has 0 radical (unpaired) electrons. The van der Waals surface area contributed by atoms with E-state index in [4.69, 9.17) is 0 Å². The maximum absolute atomic E-state index is 12.5. The van der Waals surface area contributed by atoms with Gasteiger partial charge in [-0.15, -0.1) is 23.7 Å². The van der Waals surface area contributed by atoms with Gasteiger partial charge in [0, 0.05) is 19.1 Å². The number of esters is 1. The van der Waals surface area contributed by atoms with E-state index in [0.29, 0.717) is 18.0 Å². The van der Waals surface area contributed by atoms with Gasteiger partial charge in [0.15, 0.2) is 0 Å². The molecule has 0 bridgehead atoms.